The first-order chi connectivity index (χ1) is 48.1. The molecule has 3 heteroatoms. The lowest BCUT2D eigenvalue weighted by Gasteiger charge is -2.44. The second-order valence-corrected chi connectivity index (χ2v) is 25.8. The third kappa shape index (κ3) is 9.34. The first kappa shape index (κ1) is 56.0. The molecule has 0 N–H and O–H groups in total. The average molecular weight is 1230 g/mol. The Labute approximate surface area is 565 Å². The highest BCUT2D eigenvalue weighted by Crippen LogP contribution is 2.49. The number of nitrogens with zero attached hydrogens (tertiary/aromatic N) is 2. The molecule has 0 saturated carbocycles. The van der Waals surface area contributed by atoms with Gasteiger partial charge < -0.3 is 9.80 Å². The Morgan fingerprint density at radius 1 is 0.186 bits per heavy atom. The van der Waals surface area contributed by atoms with Gasteiger partial charge in [0.05, 0.1) is 0 Å². The molecular formula is C94H61BN2. The summed E-state index contributed by atoms with van der Waals surface area (Å²) in [5, 5.41) is 9.83. The topological polar surface area (TPSA) is 6.48 Å². The standard InChI is InChI=1S/C94H61BN2/c1-5-26-68(27-6-1)90-76-34-17-13-22-62(76)44-54-80(90)66-40-50-74(51-41-66)96-86-58-48-72(82-56-46-64-24-15-19-36-78(64)92(82)70-30-9-3-10-31-70)60-84(86)95-85-61-73(83-57-47-65-25-16-20-37-79(65)93(83)71-32-11-4-12-33-71)49-59-87(85)97(89-39-21-38-88(96)94(89)95)75-52-42-67(43-53-75)81-55-45-63-23-14-18-35-77(63)91(81)69-28-7-2-8-29-69/h1-61H. The number of hydrogen-bond donors (Lipinski definition) is 0. The van der Waals surface area contributed by atoms with Crippen molar-refractivity contribution in [3.8, 4) is 89.0 Å². The summed E-state index contributed by atoms with van der Waals surface area (Å²) in [6.07, 6.45) is 0. The molecule has 0 aromatic heterocycles. The molecule has 17 aromatic carbocycles. The molecule has 2 aliphatic heterocycles. The number of hydrogen-bond acceptors (Lipinski definition) is 2. The lowest BCUT2D eigenvalue weighted by atomic mass is 9.33. The van der Waals surface area contributed by atoms with Crippen LogP contribution in [0.25, 0.3) is 132 Å². The summed E-state index contributed by atoms with van der Waals surface area (Å²) in [5.74, 6) is 0. The van der Waals surface area contributed by atoms with Gasteiger partial charge in [-0.05, 0) is 197 Å². The Hall–Kier alpha value is -12.6. The number of rotatable bonds is 10. The summed E-state index contributed by atoms with van der Waals surface area (Å²) in [5.41, 5.74) is 29.7. The van der Waals surface area contributed by atoms with Crippen molar-refractivity contribution < 1.29 is 0 Å². The van der Waals surface area contributed by atoms with E-state index in [2.05, 4.69) is 380 Å². The van der Waals surface area contributed by atoms with Crippen LogP contribution in [-0.4, -0.2) is 6.71 Å². The smallest absolute Gasteiger partial charge is 0.252 e. The van der Waals surface area contributed by atoms with Gasteiger partial charge in [-0.25, -0.2) is 0 Å². The van der Waals surface area contributed by atoms with Crippen molar-refractivity contribution in [1.82, 2.24) is 0 Å². The SMILES string of the molecule is c1ccc(-c2c(-c3ccc(N4c5ccc(-c6ccc7ccccc7c6-c6ccccc6)cc5B5c6cc(-c7ccc8ccccc8c7-c7ccccc7)ccc6N(c6ccc(-c7ccc8ccccc8c7-c7ccccc7)cc6)c6cccc4c65)cc3)ccc3ccccc23)cc1. The van der Waals surface area contributed by atoms with Gasteiger partial charge in [0.25, 0.3) is 6.71 Å². The molecule has 17 aromatic rings. The van der Waals surface area contributed by atoms with Crippen molar-refractivity contribution in [3.05, 3.63) is 370 Å². The van der Waals surface area contributed by atoms with Crippen LogP contribution in [0.3, 0.4) is 0 Å². The van der Waals surface area contributed by atoms with Gasteiger partial charge in [-0.3, -0.25) is 0 Å². The zero-order chi connectivity index (χ0) is 63.9. The first-order valence-electron chi connectivity index (χ1n) is 33.7. The first-order valence-corrected chi connectivity index (χ1v) is 33.7. The highest BCUT2D eigenvalue weighted by Gasteiger charge is 2.44. The average Bonchev–Trinajstić information content (AvgIpc) is 0.700. The third-order valence-corrected chi connectivity index (χ3v) is 20.5. The minimum atomic E-state index is -0.180. The Bertz CT molecular complexity index is 5560. The molecule has 0 unspecified atom stereocenters. The second-order valence-electron chi connectivity index (χ2n) is 25.8. The minimum Gasteiger partial charge on any atom is -0.311 e. The zero-order valence-corrected chi connectivity index (χ0v) is 53.2. The summed E-state index contributed by atoms with van der Waals surface area (Å²) in [4.78, 5) is 5.10. The van der Waals surface area contributed by atoms with Crippen molar-refractivity contribution in [2.24, 2.45) is 0 Å². The molecule has 450 valence electrons. The molecule has 0 saturated heterocycles. The monoisotopic (exact) mass is 1230 g/mol. The highest BCUT2D eigenvalue weighted by molar-refractivity contribution is 7.00. The van der Waals surface area contributed by atoms with Crippen molar-refractivity contribution in [2.75, 3.05) is 9.80 Å². The fraction of sp³-hybridized carbons (Fsp3) is 0. The molecule has 2 nitrogen and oxygen atoms in total. The molecule has 2 heterocycles. The van der Waals surface area contributed by atoms with Crippen molar-refractivity contribution in [3.63, 3.8) is 0 Å². The maximum atomic E-state index is 2.55. The molecular weight excluding hydrogens is 1170 g/mol. The molecule has 0 fully saturated rings. The molecule has 0 amide bonds. The van der Waals surface area contributed by atoms with Gasteiger partial charge in [-0.1, -0.05) is 322 Å². The number of benzene rings is 17. The molecule has 19 rings (SSSR count). The predicted molar refractivity (Wildman–Crippen MR) is 414 cm³/mol. The number of anilines is 6. The summed E-state index contributed by atoms with van der Waals surface area (Å²) in [6.45, 7) is -0.180. The fourth-order valence-corrected chi connectivity index (χ4v) is 16.1. The Balaban J connectivity index is 0.852. The normalized spacial score (nSPS) is 12.3. The van der Waals surface area contributed by atoms with Crippen LogP contribution in [0.1, 0.15) is 0 Å². The van der Waals surface area contributed by atoms with Crippen LogP contribution in [0.5, 0.6) is 0 Å². The van der Waals surface area contributed by atoms with Gasteiger partial charge in [0.15, 0.2) is 0 Å². The maximum Gasteiger partial charge on any atom is 0.252 e. The van der Waals surface area contributed by atoms with Crippen LogP contribution in [0.2, 0.25) is 0 Å². The van der Waals surface area contributed by atoms with Crippen LogP contribution >= 0.6 is 0 Å². The van der Waals surface area contributed by atoms with Crippen LogP contribution in [-0.2, 0) is 0 Å². The quantitative estimate of drug-likeness (QED) is 0.126. The van der Waals surface area contributed by atoms with Gasteiger partial charge >= 0.3 is 0 Å². The lowest BCUT2D eigenvalue weighted by molar-refractivity contribution is 1.25. The van der Waals surface area contributed by atoms with E-state index in [-0.39, 0.29) is 6.71 Å². The van der Waals surface area contributed by atoms with Crippen molar-refractivity contribution in [1.29, 1.82) is 0 Å². The van der Waals surface area contributed by atoms with Gasteiger partial charge in [0.1, 0.15) is 0 Å². The Morgan fingerprint density at radius 3 is 0.784 bits per heavy atom. The molecule has 97 heavy (non-hydrogen) atoms. The highest BCUT2D eigenvalue weighted by atomic mass is 15.2. The van der Waals surface area contributed by atoms with Gasteiger partial charge in [0, 0.05) is 34.1 Å². The molecule has 0 aliphatic carbocycles. The van der Waals surface area contributed by atoms with Crippen LogP contribution in [0, 0.1) is 0 Å². The van der Waals surface area contributed by atoms with E-state index in [9.17, 15) is 0 Å². The van der Waals surface area contributed by atoms with E-state index in [1.807, 2.05) is 0 Å². The van der Waals surface area contributed by atoms with E-state index < -0.39 is 0 Å². The second kappa shape index (κ2) is 23.2. The van der Waals surface area contributed by atoms with Crippen LogP contribution in [0.4, 0.5) is 34.1 Å². The fourth-order valence-electron chi connectivity index (χ4n) is 16.1. The summed E-state index contributed by atoms with van der Waals surface area (Å²) in [7, 11) is 0. The molecule has 2 aliphatic rings. The lowest BCUT2D eigenvalue weighted by Crippen LogP contribution is -2.61. The van der Waals surface area contributed by atoms with E-state index >= 15 is 0 Å². The van der Waals surface area contributed by atoms with Crippen LogP contribution in [0.15, 0.2) is 370 Å². The van der Waals surface area contributed by atoms with Gasteiger partial charge in [-0.2, -0.15) is 0 Å². The van der Waals surface area contributed by atoms with Gasteiger partial charge in [-0.15, -0.1) is 0 Å². The van der Waals surface area contributed by atoms with Gasteiger partial charge in [0.2, 0.25) is 0 Å². The molecule has 0 bridgehead atoms. The van der Waals surface area contributed by atoms with E-state index in [0.29, 0.717) is 0 Å². The summed E-state index contributed by atoms with van der Waals surface area (Å²) in [6, 6.07) is 138. The molecule has 0 radical (unpaired) electrons. The maximum absolute atomic E-state index is 2.55. The minimum absolute atomic E-state index is 0.180. The zero-order valence-electron chi connectivity index (χ0n) is 53.2. The third-order valence-electron chi connectivity index (χ3n) is 20.5. The Morgan fingerprint density at radius 2 is 0.464 bits per heavy atom. The Kier molecular flexibility index (Phi) is 13.4. The van der Waals surface area contributed by atoms with Crippen LogP contribution < -0.4 is 26.2 Å². The van der Waals surface area contributed by atoms with E-state index in [0.717, 1.165) is 45.3 Å². The summed E-state index contributed by atoms with van der Waals surface area (Å²) < 4.78 is 0. The largest absolute Gasteiger partial charge is 0.311 e. The molecule has 0 atom stereocenters. The van der Waals surface area contributed by atoms with E-state index in [1.165, 1.54) is 137 Å². The van der Waals surface area contributed by atoms with E-state index in [1.54, 1.807) is 0 Å². The predicted octanol–water partition coefficient (Wildman–Crippen LogP) is 23.7. The van der Waals surface area contributed by atoms with Crippen molar-refractivity contribution in [2.45, 2.75) is 0 Å². The number of fused-ring (bicyclic) bond motifs is 8. The van der Waals surface area contributed by atoms with E-state index in [4.69, 9.17) is 0 Å². The van der Waals surface area contributed by atoms with Crippen molar-refractivity contribution >= 4 is 100 Å². The molecule has 0 spiro atoms. The summed E-state index contributed by atoms with van der Waals surface area (Å²) >= 11 is 0.